The molecule has 0 spiro atoms. The van der Waals surface area contributed by atoms with Crippen LogP contribution >= 0.6 is 0 Å². The van der Waals surface area contributed by atoms with Crippen molar-refractivity contribution in [3.8, 4) is 50.2 Å². The fourth-order valence-corrected chi connectivity index (χ4v) is 12.5. The van der Waals surface area contributed by atoms with Crippen LogP contribution in [-0.4, -0.2) is 4.57 Å². The molecule has 0 unspecified atom stereocenters. The quantitative estimate of drug-likeness (QED) is 0.143. The van der Waals surface area contributed by atoms with Crippen LogP contribution in [-0.2, 0) is 10.8 Å². The number of nitrogens with zero attached hydrogens (tertiary/aromatic N) is 3. The van der Waals surface area contributed by atoms with Gasteiger partial charge >= 0.3 is 0 Å². The minimum absolute atomic E-state index is 0.124. The van der Waals surface area contributed by atoms with Crippen molar-refractivity contribution in [2.45, 2.75) is 38.5 Å². The highest BCUT2D eigenvalue weighted by Gasteiger charge is 2.38. The minimum atomic E-state index is -0.124. The number of hydrogen-bond acceptors (Lipinski definition) is 2. The number of hydrogen-bond donors (Lipinski definition) is 0. The Morgan fingerprint density at radius 2 is 0.653 bits per heavy atom. The molecule has 75 heavy (non-hydrogen) atoms. The molecule has 0 fully saturated rings. The first kappa shape index (κ1) is 44.5. The predicted octanol–water partition coefficient (Wildman–Crippen LogP) is 19.7. The van der Waals surface area contributed by atoms with Gasteiger partial charge in [-0.15, -0.1) is 0 Å². The van der Waals surface area contributed by atoms with E-state index in [9.17, 15) is 0 Å². The average molecular weight is 962 g/mol. The SMILES string of the molecule is CC1(C)c2ccccc2-c2ccc(N(c3ccc(-c4ccc5c6ccccc6n(-c6ccc(N(c7ccccc7)c7ccc(-c8ccccc8)cc7)cc6)c5c4)cc3)c3ccc4c(c3)C(C)(C)c3ccccc3-4)cc21. The summed E-state index contributed by atoms with van der Waals surface area (Å²) in [6.45, 7) is 9.47. The van der Waals surface area contributed by atoms with Crippen molar-refractivity contribution in [2.24, 2.45) is 0 Å². The van der Waals surface area contributed by atoms with E-state index in [4.69, 9.17) is 0 Å². The van der Waals surface area contributed by atoms with Gasteiger partial charge in [-0.05, 0) is 164 Å². The number of para-hydroxylation sites is 2. The van der Waals surface area contributed by atoms with E-state index in [2.05, 4.69) is 303 Å². The van der Waals surface area contributed by atoms with Crippen LogP contribution in [0.15, 0.2) is 261 Å². The number of rotatable bonds is 9. The van der Waals surface area contributed by atoms with Crippen LogP contribution < -0.4 is 9.80 Å². The van der Waals surface area contributed by atoms with Gasteiger partial charge in [-0.1, -0.05) is 191 Å². The maximum absolute atomic E-state index is 2.46. The summed E-state index contributed by atoms with van der Waals surface area (Å²) in [6.07, 6.45) is 0. The first-order valence-corrected chi connectivity index (χ1v) is 26.2. The molecule has 0 saturated heterocycles. The number of anilines is 6. The molecule has 0 bridgehead atoms. The molecule has 1 aromatic heterocycles. The highest BCUT2D eigenvalue weighted by atomic mass is 15.1. The van der Waals surface area contributed by atoms with Crippen LogP contribution in [0.1, 0.15) is 49.9 Å². The Morgan fingerprint density at radius 1 is 0.267 bits per heavy atom. The summed E-state index contributed by atoms with van der Waals surface area (Å²) in [5.41, 5.74) is 25.5. The summed E-state index contributed by atoms with van der Waals surface area (Å²) in [5, 5.41) is 2.47. The van der Waals surface area contributed by atoms with Crippen LogP contribution in [0.2, 0.25) is 0 Å². The molecular formula is C72H55N3. The van der Waals surface area contributed by atoms with E-state index in [0.717, 1.165) is 39.8 Å². The van der Waals surface area contributed by atoms with Gasteiger partial charge in [-0.3, -0.25) is 0 Å². The van der Waals surface area contributed by atoms with Crippen molar-refractivity contribution >= 4 is 55.9 Å². The van der Waals surface area contributed by atoms with E-state index < -0.39 is 0 Å². The molecule has 0 radical (unpaired) electrons. The Labute approximate surface area is 439 Å². The summed E-state index contributed by atoms with van der Waals surface area (Å²) in [4.78, 5) is 4.80. The number of aromatic nitrogens is 1. The van der Waals surface area contributed by atoms with Crippen molar-refractivity contribution in [1.82, 2.24) is 4.57 Å². The molecule has 11 aromatic carbocycles. The van der Waals surface area contributed by atoms with E-state index in [1.54, 1.807) is 0 Å². The fraction of sp³-hybridized carbons (Fsp3) is 0.0833. The van der Waals surface area contributed by atoms with Crippen molar-refractivity contribution in [1.29, 1.82) is 0 Å². The molecule has 358 valence electrons. The summed E-state index contributed by atoms with van der Waals surface area (Å²) in [7, 11) is 0. The smallest absolute Gasteiger partial charge is 0.0547 e. The Kier molecular flexibility index (Phi) is 10.2. The summed E-state index contributed by atoms with van der Waals surface area (Å²) < 4.78 is 2.43. The third kappa shape index (κ3) is 7.17. The zero-order chi connectivity index (χ0) is 50.4. The highest BCUT2D eigenvalue weighted by molar-refractivity contribution is 6.10. The van der Waals surface area contributed by atoms with Gasteiger partial charge in [0.05, 0.1) is 11.0 Å². The van der Waals surface area contributed by atoms with Crippen LogP contribution in [0.4, 0.5) is 34.1 Å². The second-order valence-electron chi connectivity index (χ2n) is 21.4. The zero-order valence-electron chi connectivity index (χ0n) is 42.7. The molecule has 2 aliphatic carbocycles. The Morgan fingerprint density at radius 3 is 1.23 bits per heavy atom. The molecule has 14 rings (SSSR count). The van der Waals surface area contributed by atoms with Crippen molar-refractivity contribution in [3.63, 3.8) is 0 Å². The lowest BCUT2D eigenvalue weighted by Crippen LogP contribution is -2.18. The molecule has 0 aliphatic heterocycles. The summed E-state index contributed by atoms with van der Waals surface area (Å²) in [5.74, 6) is 0. The van der Waals surface area contributed by atoms with Crippen LogP contribution in [0, 0.1) is 0 Å². The molecule has 3 nitrogen and oxygen atoms in total. The molecule has 0 saturated carbocycles. The first-order valence-electron chi connectivity index (χ1n) is 26.2. The normalized spacial score (nSPS) is 13.5. The van der Waals surface area contributed by atoms with Crippen LogP contribution in [0.5, 0.6) is 0 Å². The molecule has 0 N–H and O–H groups in total. The lowest BCUT2D eigenvalue weighted by Gasteiger charge is -2.30. The van der Waals surface area contributed by atoms with Crippen molar-refractivity contribution < 1.29 is 0 Å². The second-order valence-corrected chi connectivity index (χ2v) is 21.4. The van der Waals surface area contributed by atoms with Crippen LogP contribution in [0.25, 0.3) is 72.0 Å². The molecular weight excluding hydrogens is 907 g/mol. The topological polar surface area (TPSA) is 11.4 Å². The van der Waals surface area contributed by atoms with Gasteiger partial charge < -0.3 is 14.4 Å². The fourth-order valence-electron chi connectivity index (χ4n) is 12.5. The molecule has 0 amide bonds. The molecule has 2 aliphatic rings. The van der Waals surface area contributed by atoms with E-state index >= 15 is 0 Å². The van der Waals surface area contributed by atoms with Gasteiger partial charge in [0.2, 0.25) is 0 Å². The van der Waals surface area contributed by atoms with Gasteiger partial charge in [0.25, 0.3) is 0 Å². The highest BCUT2D eigenvalue weighted by Crippen LogP contribution is 2.53. The molecule has 1 heterocycles. The zero-order valence-corrected chi connectivity index (χ0v) is 42.7. The van der Waals surface area contributed by atoms with Gasteiger partial charge in [-0.25, -0.2) is 0 Å². The van der Waals surface area contributed by atoms with Crippen LogP contribution in [0.3, 0.4) is 0 Å². The van der Waals surface area contributed by atoms with Crippen molar-refractivity contribution in [3.05, 3.63) is 283 Å². The number of fused-ring (bicyclic) bond motifs is 9. The van der Waals surface area contributed by atoms with Gasteiger partial charge in [-0.2, -0.15) is 0 Å². The average Bonchev–Trinajstić information content (AvgIpc) is 4.03. The van der Waals surface area contributed by atoms with E-state index in [0.29, 0.717) is 0 Å². The molecule has 0 atom stereocenters. The predicted molar refractivity (Wildman–Crippen MR) is 316 cm³/mol. The van der Waals surface area contributed by atoms with E-state index in [1.165, 1.54) is 88.6 Å². The summed E-state index contributed by atoms with van der Waals surface area (Å²) in [6, 6.07) is 96.2. The first-order chi connectivity index (χ1) is 36.7. The third-order valence-corrected chi connectivity index (χ3v) is 16.4. The van der Waals surface area contributed by atoms with Gasteiger partial charge in [0, 0.05) is 61.4 Å². The van der Waals surface area contributed by atoms with Crippen molar-refractivity contribution in [2.75, 3.05) is 9.80 Å². The molecule has 3 heteroatoms. The lowest BCUT2D eigenvalue weighted by molar-refractivity contribution is 0.660. The second kappa shape index (κ2) is 17.2. The third-order valence-electron chi connectivity index (χ3n) is 16.4. The van der Waals surface area contributed by atoms with Gasteiger partial charge in [0.1, 0.15) is 0 Å². The lowest BCUT2D eigenvalue weighted by atomic mass is 9.82. The monoisotopic (exact) mass is 961 g/mol. The van der Waals surface area contributed by atoms with E-state index in [-0.39, 0.29) is 10.8 Å². The van der Waals surface area contributed by atoms with Gasteiger partial charge in [0.15, 0.2) is 0 Å². The largest absolute Gasteiger partial charge is 0.311 e. The summed E-state index contributed by atoms with van der Waals surface area (Å²) >= 11 is 0. The minimum Gasteiger partial charge on any atom is -0.311 e. The maximum Gasteiger partial charge on any atom is 0.0547 e. The molecule has 12 aromatic rings. The van der Waals surface area contributed by atoms with E-state index in [1.807, 2.05) is 0 Å². The Balaban J connectivity index is 0.843. The Bertz CT molecular complexity index is 4040. The number of benzene rings is 11. The standard InChI is InChI=1S/C72H55N3/c1-71(2)65-24-14-11-21-59(65)61-43-40-57(46-67(61)71)74(58-41-44-62-60-22-12-15-25-66(60)72(3,4)68(62)47-58)54-34-29-50(30-35-54)51-31-42-64-63-23-13-16-26-69(63)75(70(64)45-51)56-38-36-55(37-39-56)73(52-19-9-6-10-20-52)53-32-27-49(28-33-53)48-17-7-5-8-18-48/h5-47H,1-4H3. The Hall–Kier alpha value is -9.18. The maximum atomic E-state index is 2.46.